The van der Waals surface area contributed by atoms with Crippen molar-refractivity contribution in [1.29, 1.82) is 5.26 Å². The zero-order chi connectivity index (χ0) is 11.5. The average molecular weight is 214 g/mol. The third-order valence-electron chi connectivity index (χ3n) is 2.23. The van der Waals surface area contributed by atoms with Gasteiger partial charge in [0.25, 0.3) is 5.56 Å². The fourth-order valence-electron chi connectivity index (χ4n) is 1.46. The van der Waals surface area contributed by atoms with E-state index in [0.717, 1.165) is 0 Å². The van der Waals surface area contributed by atoms with Gasteiger partial charge in [0.1, 0.15) is 11.9 Å². The van der Waals surface area contributed by atoms with E-state index in [9.17, 15) is 9.18 Å². The van der Waals surface area contributed by atoms with Crippen molar-refractivity contribution >= 4 is 0 Å². The van der Waals surface area contributed by atoms with Gasteiger partial charge in [0.15, 0.2) is 0 Å². The van der Waals surface area contributed by atoms with E-state index < -0.39 is 5.82 Å². The number of hydrogen-bond donors (Lipinski definition) is 1. The second-order valence-corrected chi connectivity index (χ2v) is 3.19. The van der Waals surface area contributed by atoms with Crippen LogP contribution >= 0.6 is 0 Å². The highest BCUT2D eigenvalue weighted by Gasteiger charge is 2.11. The minimum absolute atomic E-state index is 0.0687. The summed E-state index contributed by atoms with van der Waals surface area (Å²) in [5, 5.41) is 8.68. The number of nitrogens with one attached hydrogen (secondary N) is 1. The Morgan fingerprint density at radius 1 is 1.19 bits per heavy atom. The molecule has 0 fully saturated rings. The summed E-state index contributed by atoms with van der Waals surface area (Å²) in [6.45, 7) is 0. The first kappa shape index (κ1) is 10.1. The van der Waals surface area contributed by atoms with Crippen molar-refractivity contribution in [2.45, 2.75) is 0 Å². The SMILES string of the molecule is N#Cc1cccc(-c2ccc[nH]c2=O)c1F. The number of H-pyrrole nitrogens is 1. The monoisotopic (exact) mass is 214 g/mol. The predicted molar refractivity (Wildman–Crippen MR) is 57.2 cm³/mol. The van der Waals surface area contributed by atoms with Gasteiger partial charge in [-0.05, 0) is 18.2 Å². The van der Waals surface area contributed by atoms with Crippen LogP contribution in [0.2, 0.25) is 0 Å². The zero-order valence-electron chi connectivity index (χ0n) is 8.20. The summed E-state index contributed by atoms with van der Waals surface area (Å²) in [6.07, 6.45) is 1.47. The molecule has 0 aliphatic heterocycles. The summed E-state index contributed by atoms with van der Waals surface area (Å²) >= 11 is 0. The topological polar surface area (TPSA) is 56.6 Å². The van der Waals surface area contributed by atoms with Crippen LogP contribution in [-0.2, 0) is 0 Å². The Labute approximate surface area is 90.8 Å². The van der Waals surface area contributed by atoms with Crippen molar-refractivity contribution < 1.29 is 4.39 Å². The Balaban J connectivity index is 2.72. The molecule has 0 atom stereocenters. The highest BCUT2D eigenvalue weighted by molar-refractivity contribution is 5.65. The highest BCUT2D eigenvalue weighted by Crippen LogP contribution is 2.21. The number of aromatic amines is 1. The van der Waals surface area contributed by atoms with Gasteiger partial charge in [0.2, 0.25) is 0 Å². The Hall–Kier alpha value is -2.41. The number of benzene rings is 1. The van der Waals surface area contributed by atoms with E-state index in [4.69, 9.17) is 5.26 Å². The first-order valence-electron chi connectivity index (χ1n) is 4.60. The molecule has 0 unspecified atom stereocenters. The number of rotatable bonds is 1. The molecule has 4 heteroatoms. The molecule has 0 amide bonds. The number of aromatic nitrogens is 1. The number of halogens is 1. The van der Waals surface area contributed by atoms with Crippen LogP contribution in [0.3, 0.4) is 0 Å². The summed E-state index contributed by atoms with van der Waals surface area (Å²) in [5.74, 6) is -0.665. The van der Waals surface area contributed by atoms with E-state index in [0.29, 0.717) is 0 Å². The fraction of sp³-hybridized carbons (Fsp3) is 0. The Bertz CT molecular complexity index is 625. The second kappa shape index (κ2) is 3.99. The largest absolute Gasteiger partial charge is 0.329 e. The molecule has 0 aliphatic rings. The molecule has 3 nitrogen and oxygen atoms in total. The van der Waals surface area contributed by atoms with Crippen LogP contribution in [0.4, 0.5) is 4.39 Å². The van der Waals surface area contributed by atoms with Crippen LogP contribution in [0, 0.1) is 17.1 Å². The first-order valence-corrected chi connectivity index (χ1v) is 4.60. The summed E-state index contributed by atoms with van der Waals surface area (Å²) in [7, 11) is 0. The van der Waals surface area contributed by atoms with Crippen molar-refractivity contribution in [3.05, 3.63) is 58.3 Å². The third kappa shape index (κ3) is 1.59. The molecule has 0 radical (unpaired) electrons. The molecule has 0 saturated carbocycles. The van der Waals surface area contributed by atoms with Crippen molar-refractivity contribution in [3.63, 3.8) is 0 Å². The van der Waals surface area contributed by atoms with E-state index in [-0.39, 0.29) is 22.2 Å². The van der Waals surface area contributed by atoms with Crippen LogP contribution in [0.5, 0.6) is 0 Å². The summed E-state index contributed by atoms with van der Waals surface area (Å²) in [4.78, 5) is 13.9. The summed E-state index contributed by atoms with van der Waals surface area (Å²) < 4.78 is 13.8. The van der Waals surface area contributed by atoms with Gasteiger partial charge in [-0.3, -0.25) is 4.79 Å². The highest BCUT2D eigenvalue weighted by atomic mass is 19.1. The van der Waals surface area contributed by atoms with Crippen LogP contribution in [0.25, 0.3) is 11.1 Å². The molecule has 1 aromatic heterocycles. The zero-order valence-corrected chi connectivity index (χ0v) is 8.20. The van der Waals surface area contributed by atoms with Crippen LogP contribution in [0.1, 0.15) is 5.56 Å². The lowest BCUT2D eigenvalue weighted by atomic mass is 10.0. The summed E-state index contributed by atoms with van der Waals surface area (Å²) in [5.41, 5.74) is -0.0877. The minimum Gasteiger partial charge on any atom is -0.329 e. The quantitative estimate of drug-likeness (QED) is 0.789. The van der Waals surface area contributed by atoms with Gasteiger partial charge in [-0.15, -0.1) is 0 Å². The number of pyridine rings is 1. The maximum Gasteiger partial charge on any atom is 0.255 e. The van der Waals surface area contributed by atoms with Gasteiger partial charge < -0.3 is 4.98 Å². The molecule has 16 heavy (non-hydrogen) atoms. The number of hydrogen-bond acceptors (Lipinski definition) is 2. The van der Waals surface area contributed by atoms with Gasteiger partial charge in [-0.25, -0.2) is 4.39 Å². The van der Waals surface area contributed by atoms with Crippen LogP contribution < -0.4 is 5.56 Å². The molecule has 0 aliphatic carbocycles. The van der Waals surface area contributed by atoms with Gasteiger partial charge in [-0.1, -0.05) is 12.1 Å². The van der Waals surface area contributed by atoms with Crippen molar-refractivity contribution in [1.82, 2.24) is 4.98 Å². The minimum atomic E-state index is -0.665. The van der Waals surface area contributed by atoms with E-state index in [1.54, 1.807) is 18.2 Å². The van der Waals surface area contributed by atoms with E-state index >= 15 is 0 Å². The smallest absolute Gasteiger partial charge is 0.255 e. The average Bonchev–Trinajstić information content (AvgIpc) is 2.31. The number of nitriles is 1. The molecule has 1 N–H and O–H groups in total. The molecule has 2 aromatic rings. The standard InChI is InChI=1S/C12H7FN2O/c13-11-8(7-14)3-1-4-9(11)10-5-2-6-15-12(10)16/h1-6H,(H,15,16). The molecule has 0 saturated heterocycles. The van der Waals surface area contributed by atoms with E-state index in [1.807, 2.05) is 0 Å². The van der Waals surface area contributed by atoms with E-state index in [2.05, 4.69) is 4.98 Å². The van der Waals surface area contributed by atoms with Gasteiger partial charge in [0.05, 0.1) is 5.56 Å². The lowest BCUT2D eigenvalue weighted by Crippen LogP contribution is -2.08. The Kier molecular flexibility index (Phi) is 2.52. The molecule has 78 valence electrons. The van der Waals surface area contributed by atoms with E-state index in [1.165, 1.54) is 24.4 Å². The molecule has 0 bridgehead atoms. The van der Waals surface area contributed by atoms with Crippen LogP contribution in [-0.4, -0.2) is 4.98 Å². The maximum atomic E-state index is 13.8. The van der Waals surface area contributed by atoms with Gasteiger partial charge >= 0.3 is 0 Å². The van der Waals surface area contributed by atoms with Crippen molar-refractivity contribution in [3.8, 4) is 17.2 Å². The Morgan fingerprint density at radius 2 is 1.94 bits per heavy atom. The maximum absolute atomic E-state index is 13.8. The second-order valence-electron chi connectivity index (χ2n) is 3.19. The first-order chi connectivity index (χ1) is 7.74. The van der Waals surface area contributed by atoms with Gasteiger partial charge in [0, 0.05) is 17.3 Å². The molecular formula is C12H7FN2O. The predicted octanol–water partition coefficient (Wildman–Crippen LogP) is 2.05. The molecule has 1 heterocycles. The lowest BCUT2D eigenvalue weighted by molar-refractivity contribution is 0.627. The van der Waals surface area contributed by atoms with Crippen molar-refractivity contribution in [2.24, 2.45) is 0 Å². The lowest BCUT2D eigenvalue weighted by Gasteiger charge is -2.02. The van der Waals surface area contributed by atoms with Crippen molar-refractivity contribution in [2.75, 3.05) is 0 Å². The molecule has 0 spiro atoms. The summed E-state index contributed by atoms with van der Waals surface area (Å²) in [6, 6.07) is 9.25. The van der Waals surface area contributed by atoms with Gasteiger partial charge in [-0.2, -0.15) is 5.26 Å². The normalized spacial score (nSPS) is 9.75. The molecule has 2 rings (SSSR count). The fourth-order valence-corrected chi connectivity index (χ4v) is 1.46. The molecular weight excluding hydrogens is 207 g/mol. The number of nitrogens with zero attached hydrogens (tertiary/aromatic N) is 1. The molecule has 1 aromatic carbocycles. The third-order valence-corrected chi connectivity index (χ3v) is 2.23. The Morgan fingerprint density at radius 3 is 2.62 bits per heavy atom. The van der Waals surface area contributed by atoms with Crippen LogP contribution in [0.15, 0.2) is 41.3 Å².